The van der Waals surface area contributed by atoms with E-state index in [1.807, 2.05) is 31.5 Å². The topological polar surface area (TPSA) is 42.2 Å². The molecule has 1 unspecified atom stereocenters. The van der Waals surface area contributed by atoms with Crippen molar-refractivity contribution in [1.29, 1.82) is 0 Å². The largest absolute Gasteiger partial charge is 0.384 e. The van der Waals surface area contributed by atoms with Crippen molar-refractivity contribution < 1.29 is 0 Å². The fraction of sp³-hybridized carbons (Fsp3) is 0.400. The van der Waals surface area contributed by atoms with Crippen molar-refractivity contribution >= 4 is 17.6 Å². The number of hydrogen-bond donors (Lipinski definition) is 1. The van der Waals surface area contributed by atoms with Crippen molar-refractivity contribution in [2.45, 2.75) is 33.6 Å². The van der Waals surface area contributed by atoms with Crippen LogP contribution >= 0.6 is 0 Å². The lowest BCUT2D eigenvalue weighted by molar-refractivity contribution is 0.593. The molecule has 2 aromatic heterocycles. The second-order valence-corrected chi connectivity index (χ2v) is 6.23. The molecule has 0 saturated heterocycles. The Hall–Kier alpha value is -2.36. The fourth-order valence-electron chi connectivity index (χ4n) is 2.29. The first-order valence-electron chi connectivity index (χ1n) is 8.63. The number of pyridine rings is 1. The van der Waals surface area contributed by atoms with Crippen LogP contribution < -0.4 is 5.32 Å². The van der Waals surface area contributed by atoms with Gasteiger partial charge >= 0.3 is 0 Å². The van der Waals surface area contributed by atoms with Gasteiger partial charge in [-0.15, -0.1) is 0 Å². The summed E-state index contributed by atoms with van der Waals surface area (Å²) in [6.45, 7) is 11.6. The molecule has 4 nitrogen and oxygen atoms in total. The van der Waals surface area contributed by atoms with Crippen LogP contribution in [0.25, 0.3) is 5.70 Å². The van der Waals surface area contributed by atoms with Gasteiger partial charge in [-0.25, -0.2) is 0 Å². The Morgan fingerprint density at radius 2 is 2.21 bits per heavy atom. The summed E-state index contributed by atoms with van der Waals surface area (Å²) in [4.78, 5) is 9.05. The van der Waals surface area contributed by atoms with Crippen molar-refractivity contribution in [3.63, 3.8) is 0 Å². The second-order valence-electron chi connectivity index (χ2n) is 6.23. The first-order chi connectivity index (χ1) is 11.5. The number of aromatic nitrogens is 2. The molecule has 0 aliphatic carbocycles. The highest BCUT2D eigenvalue weighted by molar-refractivity contribution is 5.84. The molecule has 24 heavy (non-hydrogen) atoms. The number of rotatable bonds is 8. The zero-order valence-corrected chi connectivity index (χ0v) is 15.2. The number of anilines is 1. The maximum Gasteiger partial charge on any atom is 0.0883 e. The molecule has 0 amide bonds. The Morgan fingerprint density at radius 3 is 2.92 bits per heavy atom. The Kier molecular flexibility index (Phi) is 6.36. The molecule has 0 spiro atoms. The average Bonchev–Trinajstić information content (AvgIpc) is 2.97. The van der Waals surface area contributed by atoms with Crippen LogP contribution in [0.3, 0.4) is 0 Å². The van der Waals surface area contributed by atoms with Gasteiger partial charge in [0.2, 0.25) is 0 Å². The fourth-order valence-corrected chi connectivity index (χ4v) is 2.29. The minimum Gasteiger partial charge on any atom is -0.384 e. The SMILES string of the molecule is C=C(N=Cc1cc(NCC(C)CC)cn1C)c1cccc(CC)n1. The molecule has 2 rings (SSSR count). The number of nitrogens with one attached hydrogen (secondary N) is 1. The molecule has 0 aliphatic rings. The molecule has 1 atom stereocenters. The van der Waals surface area contributed by atoms with Crippen LogP contribution in [0.5, 0.6) is 0 Å². The van der Waals surface area contributed by atoms with Gasteiger partial charge in [0.15, 0.2) is 0 Å². The molecule has 2 aromatic rings. The zero-order valence-electron chi connectivity index (χ0n) is 15.2. The van der Waals surface area contributed by atoms with Crippen molar-refractivity contribution in [3.05, 3.63) is 54.1 Å². The maximum absolute atomic E-state index is 4.56. The average molecular weight is 324 g/mol. The highest BCUT2D eigenvalue weighted by atomic mass is 15.0. The van der Waals surface area contributed by atoms with E-state index in [-0.39, 0.29) is 0 Å². The molecule has 0 saturated carbocycles. The van der Waals surface area contributed by atoms with Crippen LogP contribution in [-0.2, 0) is 13.5 Å². The van der Waals surface area contributed by atoms with Gasteiger partial charge in [0.1, 0.15) is 0 Å². The third-order valence-electron chi connectivity index (χ3n) is 4.21. The predicted molar refractivity (Wildman–Crippen MR) is 104 cm³/mol. The van der Waals surface area contributed by atoms with Gasteiger partial charge in [0.05, 0.1) is 29.0 Å². The Morgan fingerprint density at radius 1 is 1.42 bits per heavy atom. The normalized spacial score (nSPS) is 12.5. The molecule has 0 aliphatic heterocycles. The minimum absolute atomic E-state index is 0.666. The minimum atomic E-state index is 0.666. The van der Waals surface area contributed by atoms with E-state index in [4.69, 9.17) is 0 Å². The quantitative estimate of drug-likeness (QED) is 0.725. The van der Waals surface area contributed by atoms with Gasteiger partial charge in [0.25, 0.3) is 0 Å². The van der Waals surface area contributed by atoms with Crippen LogP contribution in [-0.4, -0.2) is 22.3 Å². The van der Waals surface area contributed by atoms with E-state index in [9.17, 15) is 0 Å². The third kappa shape index (κ3) is 4.82. The molecule has 0 radical (unpaired) electrons. The standard InChI is InChI=1S/C20H28N4/c1-6-15(3)12-22-18-11-19(24(5)14-18)13-21-16(4)20-10-8-9-17(7-2)23-20/h8-11,13-15,22H,4,6-7,12H2,1-3,5H3. The van der Waals surface area contributed by atoms with E-state index in [0.717, 1.165) is 35.7 Å². The number of aliphatic imine (C=N–C) groups is 1. The summed E-state index contributed by atoms with van der Waals surface area (Å²) in [5, 5.41) is 3.47. The lowest BCUT2D eigenvalue weighted by atomic mass is 10.1. The highest BCUT2D eigenvalue weighted by Crippen LogP contribution is 2.15. The molecule has 0 bridgehead atoms. The number of hydrogen-bond acceptors (Lipinski definition) is 3. The lowest BCUT2D eigenvalue weighted by Gasteiger charge is -2.09. The van der Waals surface area contributed by atoms with E-state index >= 15 is 0 Å². The Balaban J connectivity index is 2.05. The molecular formula is C20H28N4. The summed E-state index contributed by atoms with van der Waals surface area (Å²) in [5.41, 5.74) is 4.72. The van der Waals surface area contributed by atoms with E-state index in [2.05, 4.69) is 59.5 Å². The van der Waals surface area contributed by atoms with Crippen molar-refractivity contribution in [2.75, 3.05) is 11.9 Å². The first kappa shape index (κ1) is 18.0. The van der Waals surface area contributed by atoms with E-state index in [1.165, 1.54) is 6.42 Å². The second kappa shape index (κ2) is 8.48. The number of aryl methyl sites for hydroxylation is 2. The molecular weight excluding hydrogens is 296 g/mol. The Bertz CT molecular complexity index is 712. The summed E-state index contributed by atoms with van der Waals surface area (Å²) in [6.07, 6.45) is 6.02. The van der Waals surface area contributed by atoms with Crippen molar-refractivity contribution in [3.8, 4) is 0 Å². The summed E-state index contributed by atoms with van der Waals surface area (Å²) in [6, 6.07) is 8.08. The van der Waals surface area contributed by atoms with Crippen LogP contribution in [0.15, 0.2) is 42.0 Å². The molecule has 4 heteroatoms. The monoisotopic (exact) mass is 324 g/mol. The smallest absolute Gasteiger partial charge is 0.0883 e. The zero-order chi connectivity index (χ0) is 17.5. The van der Waals surface area contributed by atoms with Crippen LogP contribution in [0.1, 0.15) is 44.3 Å². The van der Waals surface area contributed by atoms with Gasteiger partial charge < -0.3 is 9.88 Å². The summed E-state index contributed by atoms with van der Waals surface area (Å²) in [7, 11) is 2.02. The van der Waals surface area contributed by atoms with Gasteiger partial charge in [-0.05, 0) is 30.5 Å². The molecule has 1 N–H and O–H groups in total. The van der Waals surface area contributed by atoms with Gasteiger partial charge in [-0.1, -0.05) is 39.8 Å². The molecule has 128 valence electrons. The summed E-state index contributed by atoms with van der Waals surface area (Å²) >= 11 is 0. The third-order valence-corrected chi connectivity index (χ3v) is 4.21. The van der Waals surface area contributed by atoms with Crippen LogP contribution in [0, 0.1) is 5.92 Å². The van der Waals surface area contributed by atoms with Crippen LogP contribution in [0.4, 0.5) is 5.69 Å². The van der Waals surface area contributed by atoms with Crippen molar-refractivity contribution in [1.82, 2.24) is 9.55 Å². The van der Waals surface area contributed by atoms with Gasteiger partial charge in [0, 0.05) is 25.5 Å². The molecule has 2 heterocycles. The predicted octanol–water partition coefficient (Wildman–Crippen LogP) is 4.53. The van der Waals surface area contributed by atoms with E-state index in [0.29, 0.717) is 11.6 Å². The van der Waals surface area contributed by atoms with E-state index < -0.39 is 0 Å². The molecule has 0 fully saturated rings. The molecule has 0 aromatic carbocycles. The maximum atomic E-state index is 4.56. The lowest BCUT2D eigenvalue weighted by Crippen LogP contribution is -2.09. The van der Waals surface area contributed by atoms with Gasteiger partial charge in [-0.2, -0.15) is 0 Å². The van der Waals surface area contributed by atoms with Crippen LogP contribution in [0.2, 0.25) is 0 Å². The van der Waals surface area contributed by atoms with Gasteiger partial charge in [-0.3, -0.25) is 9.98 Å². The first-order valence-corrected chi connectivity index (χ1v) is 8.63. The van der Waals surface area contributed by atoms with E-state index in [1.54, 1.807) is 0 Å². The Labute approximate surface area is 145 Å². The highest BCUT2D eigenvalue weighted by Gasteiger charge is 2.04. The number of nitrogens with zero attached hydrogens (tertiary/aromatic N) is 3. The van der Waals surface area contributed by atoms with Crippen molar-refractivity contribution in [2.24, 2.45) is 18.0 Å². The summed E-state index contributed by atoms with van der Waals surface area (Å²) in [5.74, 6) is 0.666. The summed E-state index contributed by atoms with van der Waals surface area (Å²) < 4.78 is 2.06.